The fourth-order valence-corrected chi connectivity index (χ4v) is 5.10. The summed E-state index contributed by atoms with van der Waals surface area (Å²) < 4.78 is 7.80. The summed E-state index contributed by atoms with van der Waals surface area (Å²) in [6.07, 6.45) is -0.476. The van der Waals surface area contributed by atoms with E-state index in [0.717, 1.165) is 9.31 Å². The van der Waals surface area contributed by atoms with Gasteiger partial charge in [-0.15, -0.1) is 4.74 Å². The maximum absolute atomic E-state index is 13.0. The molecule has 2 heterocycles. The first-order valence-electron chi connectivity index (χ1n) is 8.22. The summed E-state index contributed by atoms with van der Waals surface area (Å²) in [6.45, 7) is 8.80. The van der Waals surface area contributed by atoms with Crippen LogP contribution in [0, 0.1) is 5.92 Å². The Morgan fingerprint density at radius 3 is 2.46 bits per heavy atom. The molecule has 1 aromatic heterocycles. The van der Waals surface area contributed by atoms with Gasteiger partial charge in [-0.05, 0) is 44.0 Å². The van der Waals surface area contributed by atoms with Gasteiger partial charge >= 0.3 is 11.4 Å². The first-order valence-corrected chi connectivity index (χ1v) is 9.82. The molecule has 1 fully saturated rings. The number of hydrogen-bond donors (Lipinski definition) is 0. The van der Waals surface area contributed by atoms with E-state index in [0.29, 0.717) is 27.5 Å². The van der Waals surface area contributed by atoms with Gasteiger partial charge in [0.15, 0.2) is 6.17 Å². The summed E-state index contributed by atoms with van der Waals surface area (Å²) in [5, 5.41) is 0.521. The first kappa shape index (κ1) is 19.3. The van der Waals surface area contributed by atoms with Crippen molar-refractivity contribution in [1.82, 2.24) is 14.2 Å². The number of thiocarbonyl (C=S) groups is 1. The normalized spacial score (nSPS) is 19.5. The van der Waals surface area contributed by atoms with E-state index >= 15 is 0 Å². The van der Waals surface area contributed by atoms with Gasteiger partial charge in [0.05, 0.1) is 10.4 Å². The summed E-state index contributed by atoms with van der Waals surface area (Å²) >= 11 is 12.9. The average Bonchev–Trinajstić information content (AvgIpc) is 2.92. The monoisotopic (exact) mass is 413 g/mol. The lowest BCUT2D eigenvalue weighted by Gasteiger charge is -2.31. The van der Waals surface area contributed by atoms with Gasteiger partial charge in [-0.3, -0.25) is 0 Å². The molecule has 0 unspecified atom stereocenters. The zero-order chi connectivity index (χ0) is 19.2. The molecule has 0 saturated carbocycles. The number of hydrogen-bond acceptors (Lipinski definition) is 5. The summed E-state index contributed by atoms with van der Waals surface area (Å²) in [4.78, 5) is 27.4. The molecule has 1 aromatic carbocycles. The van der Waals surface area contributed by atoms with Crippen molar-refractivity contribution in [1.29, 1.82) is 0 Å². The molecule has 1 aliphatic rings. The second-order valence-corrected chi connectivity index (χ2v) is 9.89. The number of halogens is 1. The maximum atomic E-state index is 13.0. The van der Waals surface area contributed by atoms with Crippen molar-refractivity contribution in [3.05, 3.63) is 50.3 Å². The van der Waals surface area contributed by atoms with Crippen molar-refractivity contribution >= 4 is 39.9 Å². The summed E-state index contributed by atoms with van der Waals surface area (Å²) in [5.41, 5.74) is -0.122. The van der Waals surface area contributed by atoms with Crippen LogP contribution >= 0.6 is 35.6 Å². The fraction of sp³-hybridized carbons (Fsp3) is 0.471. The molecule has 1 aliphatic heterocycles. The molecule has 3 rings (SSSR count). The SMILES string of the molecule is CC(C)CN1C(=S)SC(C)(C)[C@@H]1n1oc(=O)n(-c2ccc(Cl)cc2)c1=O. The van der Waals surface area contributed by atoms with Crippen molar-refractivity contribution in [2.75, 3.05) is 6.54 Å². The van der Waals surface area contributed by atoms with Crippen molar-refractivity contribution in [3.63, 3.8) is 0 Å². The number of aromatic nitrogens is 2. The van der Waals surface area contributed by atoms with E-state index in [2.05, 4.69) is 13.8 Å². The highest BCUT2D eigenvalue weighted by Crippen LogP contribution is 2.46. The summed E-state index contributed by atoms with van der Waals surface area (Å²) in [5.74, 6) is -0.397. The number of nitrogens with zero attached hydrogens (tertiary/aromatic N) is 3. The summed E-state index contributed by atoms with van der Waals surface area (Å²) in [6, 6.07) is 6.46. The zero-order valence-electron chi connectivity index (χ0n) is 14.9. The minimum absolute atomic E-state index is 0.339. The third-order valence-electron chi connectivity index (χ3n) is 4.11. The predicted octanol–water partition coefficient (Wildman–Crippen LogP) is 3.51. The van der Waals surface area contributed by atoms with Crippen LogP contribution < -0.4 is 11.4 Å². The quantitative estimate of drug-likeness (QED) is 0.715. The molecule has 1 atom stereocenters. The average molecular weight is 414 g/mol. The molecule has 0 N–H and O–H groups in total. The summed E-state index contributed by atoms with van der Waals surface area (Å²) in [7, 11) is 0. The van der Waals surface area contributed by atoms with Gasteiger partial charge in [0, 0.05) is 11.6 Å². The van der Waals surface area contributed by atoms with Crippen LogP contribution in [-0.2, 0) is 0 Å². The molecular weight excluding hydrogens is 394 g/mol. The van der Waals surface area contributed by atoms with E-state index in [1.165, 1.54) is 11.8 Å². The van der Waals surface area contributed by atoms with Gasteiger partial charge in [-0.25, -0.2) is 9.59 Å². The lowest BCUT2D eigenvalue weighted by Crippen LogP contribution is -2.43. The molecule has 0 bridgehead atoms. The van der Waals surface area contributed by atoms with Gasteiger partial charge in [-0.1, -0.05) is 49.4 Å². The van der Waals surface area contributed by atoms with Crippen molar-refractivity contribution in [2.24, 2.45) is 5.92 Å². The predicted molar refractivity (Wildman–Crippen MR) is 108 cm³/mol. The van der Waals surface area contributed by atoms with Crippen molar-refractivity contribution in [3.8, 4) is 5.69 Å². The molecule has 1 saturated heterocycles. The van der Waals surface area contributed by atoms with Gasteiger partial charge in [-0.2, -0.15) is 4.57 Å². The van der Waals surface area contributed by atoms with Crippen LogP contribution in [0.2, 0.25) is 5.02 Å². The largest absolute Gasteiger partial charge is 0.447 e. The highest BCUT2D eigenvalue weighted by Gasteiger charge is 2.48. The van der Waals surface area contributed by atoms with E-state index in [4.69, 9.17) is 28.3 Å². The highest BCUT2D eigenvalue weighted by molar-refractivity contribution is 8.24. The Labute approximate surface area is 165 Å². The molecule has 0 spiro atoms. The Morgan fingerprint density at radius 2 is 1.88 bits per heavy atom. The molecule has 6 nitrogen and oxygen atoms in total. The Balaban J connectivity index is 2.13. The maximum Gasteiger partial charge on any atom is 0.447 e. The number of thioether (sulfide) groups is 1. The molecular formula is C17H20ClN3O3S2. The second-order valence-electron chi connectivity index (χ2n) is 7.17. The molecule has 9 heteroatoms. The molecule has 0 amide bonds. The van der Waals surface area contributed by atoms with Crippen LogP contribution in [0.1, 0.15) is 33.9 Å². The van der Waals surface area contributed by atoms with Gasteiger partial charge in [0.2, 0.25) is 0 Å². The Kier molecular flexibility index (Phi) is 5.11. The van der Waals surface area contributed by atoms with E-state index in [1.54, 1.807) is 24.3 Å². The van der Waals surface area contributed by atoms with Crippen molar-refractivity contribution in [2.45, 2.75) is 38.6 Å². The van der Waals surface area contributed by atoms with Crippen LogP contribution in [0.4, 0.5) is 0 Å². The first-order chi connectivity index (χ1) is 12.1. The van der Waals surface area contributed by atoms with E-state index in [9.17, 15) is 9.59 Å². The van der Waals surface area contributed by atoms with Crippen LogP contribution in [0.25, 0.3) is 5.69 Å². The minimum atomic E-state index is -0.736. The molecule has 140 valence electrons. The zero-order valence-corrected chi connectivity index (χ0v) is 17.3. The third-order valence-corrected chi connectivity index (χ3v) is 5.99. The van der Waals surface area contributed by atoms with E-state index in [-0.39, 0.29) is 0 Å². The van der Waals surface area contributed by atoms with Crippen LogP contribution in [0.15, 0.2) is 38.4 Å². The standard InChI is InChI=1S/C17H20ClN3O3S2/c1-10(2)9-19-13(17(3,4)26-16(19)25)21-14(22)20(15(23)24-21)12-7-5-11(18)6-8-12/h5-8,10,13H,9H2,1-4H3/t13-/m0/s1. The fourth-order valence-electron chi connectivity index (χ4n) is 3.09. The van der Waals surface area contributed by atoms with Gasteiger partial charge < -0.3 is 9.42 Å². The van der Waals surface area contributed by atoms with Gasteiger partial charge in [0.1, 0.15) is 4.32 Å². The molecule has 0 aliphatic carbocycles. The smallest absolute Gasteiger partial charge is 0.333 e. The van der Waals surface area contributed by atoms with E-state index < -0.39 is 22.4 Å². The topological polar surface area (TPSA) is 60.4 Å². The Bertz CT molecular complexity index is 943. The lowest BCUT2D eigenvalue weighted by molar-refractivity contribution is 0.0842. The molecule has 2 aromatic rings. The Hall–Kier alpha value is -1.51. The van der Waals surface area contributed by atoms with Crippen LogP contribution in [-0.4, -0.2) is 29.8 Å². The lowest BCUT2D eigenvalue weighted by atomic mass is 10.1. The third kappa shape index (κ3) is 3.37. The van der Waals surface area contributed by atoms with Gasteiger partial charge in [0.25, 0.3) is 0 Å². The molecule has 0 radical (unpaired) electrons. The highest BCUT2D eigenvalue weighted by atomic mass is 35.5. The van der Waals surface area contributed by atoms with Crippen molar-refractivity contribution < 1.29 is 4.52 Å². The Morgan fingerprint density at radius 1 is 1.27 bits per heavy atom. The van der Waals surface area contributed by atoms with Crippen LogP contribution in [0.3, 0.4) is 0 Å². The number of rotatable bonds is 4. The minimum Gasteiger partial charge on any atom is -0.333 e. The molecule has 26 heavy (non-hydrogen) atoms. The van der Waals surface area contributed by atoms with Crippen LogP contribution in [0.5, 0.6) is 0 Å². The number of benzene rings is 1. The van der Waals surface area contributed by atoms with E-state index in [1.807, 2.05) is 18.7 Å². The second kappa shape index (κ2) is 6.90.